The lowest BCUT2D eigenvalue weighted by atomic mass is 10.1. The third-order valence-corrected chi connectivity index (χ3v) is 5.21. The second kappa shape index (κ2) is 5.86. The minimum atomic E-state index is -1.39. The molecule has 0 saturated carbocycles. The van der Waals surface area contributed by atoms with Gasteiger partial charge in [-0.3, -0.25) is 5.01 Å². The highest BCUT2D eigenvalue weighted by Crippen LogP contribution is 2.39. The van der Waals surface area contributed by atoms with Crippen molar-refractivity contribution in [1.82, 2.24) is 20.1 Å². The topological polar surface area (TPSA) is 68.5 Å². The standard InChI is InChI=1S/C15H16FN5OS/c16-12-9-13(11-5-2-1-3-6-11)21-14(12)18-15(19-21)23(22)10-20-8-4-7-17-20/h1-8,12-14H,9-10H2,(H,18,19)/t12-,13-,14?,23?/m0/s1. The van der Waals surface area contributed by atoms with Crippen LogP contribution in [0.4, 0.5) is 4.39 Å². The quantitative estimate of drug-likeness (QED) is 0.866. The number of alkyl halides is 1. The first-order valence-electron chi connectivity index (χ1n) is 7.40. The molecular formula is C15H16FN5OS. The van der Waals surface area contributed by atoms with Gasteiger partial charge in [0.2, 0.25) is 5.88 Å². The maximum Gasteiger partial charge on any atom is 0.336 e. The van der Waals surface area contributed by atoms with E-state index in [2.05, 4.69) is 15.5 Å². The molecule has 1 aromatic carbocycles. The lowest BCUT2D eigenvalue weighted by Crippen LogP contribution is -2.42. The highest BCUT2D eigenvalue weighted by Gasteiger charge is 2.48. The number of aromatic nitrogens is 2. The van der Waals surface area contributed by atoms with Crippen molar-refractivity contribution in [3.8, 4) is 0 Å². The zero-order valence-corrected chi connectivity index (χ0v) is 13.1. The van der Waals surface area contributed by atoms with Crippen molar-refractivity contribution < 1.29 is 8.94 Å². The summed E-state index contributed by atoms with van der Waals surface area (Å²) in [6, 6.07) is 11.4. The molecule has 4 rings (SSSR count). The minimum absolute atomic E-state index is 0.136. The molecule has 1 aromatic heterocycles. The van der Waals surface area contributed by atoms with E-state index in [0.29, 0.717) is 11.6 Å². The molecule has 3 heterocycles. The first-order valence-corrected chi connectivity index (χ1v) is 8.72. The van der Waals surface area contributed by atoms with Gasteiger partial charge >= 0.3 is 5.17 Å². The van der Waals surface area contributed by atoms with Crippen molar-refractivity contribution in [3.05, 3.63) is 54.4 Å². The zero-order chi connectivity index (χ0) is 15.8. The molecule has 2 aliphatic heterocycles. The van der Waals surface area contributed by atoms with Crippen molar-refractivity contribution in [1.29, 1.82) is 0 Å². The third kappa shape index (κ3) is 2.68. The molecule has 0 radical (unpaired) electrons. The Bertz CT molecular complexity index is 695. The van der Waals surface area contributed by atoms with Gasteiger partial charge in [0.05, 0.1) is 6.04 Å². The molecule has 0 amide bonds. The number of nitrogens with zero attached hydrogens (tertiary/aromatic N) is 4. The van der Waals surface area contributed by atoms with Crippen molar-refractivity contribution in [2.24, 2.45) is 5.10 Å². The van der Waals surface area contributed by atoms with E-state index in [1.54, 1.807) is 28.2 Å². The van der Waals surface area contributed by atoms with Crippen molar-refractivity contribution in [3.63, 3.8) is 0 Å². The molecular weight excluding hydrogens is 317 g/mol. The van der Waals surface area contributed by atoms with Crippen LogP contribution in [0.1, 0.15) is 18.0 Å². The van der Waals surface area contributed by atoms with E-state index in [4.69, 9.17) is 0 Å². The summed E-state index contributed by atoms with van der Waals surface area (Å²) in [5.41, 5.74) is 1.02. The average Bonchev–Trinajstić information content (AvgIpc) is 3.27. The number of hydrazone groups is 1. The number of hydrogen-bond acceptors (Lipinski definition) is 5. The first-order chi connectivity index (χ1) is 11.2. The summed E-state index contributed by atoms with van der Waals surface area (Å²) in [5, 5.41) is 13.4. The van der Waals surface area contributed by atoms with E-state index in [0.717, 1.165) is 5.56 Å². The lowest BCUT2D eigenvalue weighted by Gasteiger charge is -2.20. The number of rotatable bonds is 3. The van der Waals surface area contributed by atoms with Crippen LogP contribution in [0.2, 0.25) is 0 Å². The van der Waals surface area contributed by atoms with Gasteiger partial charge in [-0.05, 0) is 11.6 Å². The molecule has 4 atom stereocenters. The predicted octanol–water partition coefficient (Wildman–Crippen LogP) is 1.57. The van der Waals surface area contributed by atoms with Crippen molar-refractivity contribution in [2.75, 3.05) is 0 Å². The van der Waals surface area contributed by atoms with Crippen LogP contribution in [0.15, 0.2) is 53.9 Å². The summed E-state index contributed by atoms with van der Waals surface area (Å²) in [7, 11) is 0. The Morgan fingerprint density at radius 1 is 1.30 bits per heavy atom. The molecule has 2 unspecified atom stereocenters. The lowest BCUT2D eigenvalue weighted by molar-refractivity contribution is 0.180. The maximum absolute atomic E-state index is 14.3. The Labute approximate surface area is 136 Å². The van der Waals surface area contributed by atoms with Gasteiger partial charge in [-0.15, -0.1) is 5.10 Å². The van der Waals surface area contributed by atoms with Gasteiger partial charge in [0.1, 0.15) is 6.17 Å². The van der Waals surface area contributed by atoms with Gasteiger partial charge in [0.25, 0.3) is 0 Å². The normalized spacial score (nSPS) is 27.5. The van der Waals surface area contributed by atoms with Crippen LogP contribution < -0.4 is 5.32 Å². The van der Waals surface area contributed by atoms with E-state index in [1.807, 2.05) is 30.3 Å². The maximum atomic E-state index is 14.3. The summed E-state index contributed by atoms with van der Waals surface area (Å²) in [6.07, 6.45) is 2.14. The predicted molar refractivity (Wildman–Crippen MR) is 85.3 cm³/mol. The second-order valence-corrected chi connectivity index (χ2v) is 6.91. The van der Waals surface area contributed by atoms with E-state index in [1.165, 1.54) is 0 Å². The molecule has 2 aliphatic rings. The monoisotopic (exact) mass is 333 g/mol. The number of nitrogens with one attached hydrogen (secondary N) is 1. The molecule has 1 saturated heterocycles. The number of benzene rings is 1. The van der Waals surface area contributed by atoms with Crippen LogP contribution in [0.5, 0.6) is 0 Å². The summed E-state index contributed by atoms with van der Waals surface area (Å²) in [4.78, 5) is 0. The molecule has 23 heavy (non-hydrogen) atoms. The van der Waals surface area contributed by atoms with Gasteiger partial charge < -0.3 is 9.87 Å². The molecule has 0 aliphatic carbocycles. The average molecular weight is 333 g/mol. The fraction of sp³-hybridized carbons (Fsp3) is 0.333. The number of hydrogen-bond donors (Lipinski definition) is 1. The summed E-state index contributed by atoms with van der Waals surface area (Å²) < 4.78 is 28.3. The fourth-order valence-corrected chi connectivity index (χ4v) is 3.94. The Morgan fingerprint density at radius 2 is 2.13 bits per heavy atom. The van der Waals surface area contributed by atoms with Crippen LogP contribution in [0, 0.1) is 0 Å². The van der Waals surface area contributed by atoms with Crippen LogP contribution in [-0.4, -0.2) is 36.8 Å². The van der Waals surface area contributed by atoms with Crippen molar-refractivity contribution >= 4 is 16.3 Å². The Balaban J connectivity index is 1.54. The van der Waals surface area contributed by atoms with E-state index >= 15 is 0 Å². The molecule has 120 valence electrons. The van der Waals surface area contributed by atoms with E-state index in [-0.39, 0.29) is 11.9 Å². The van der Waals surface area contributed by atoms with E-state index in [9.17, 15) is 8.94 Å². The summed E-state index contributed by atoms with van der Waals surface area (Å²) >= 11 is -1.39. The highest BCUT2D eigenvalue weighted by atomic mass is 32.2. The molecule has 0 spiro atoms. The SMILES string of the molecule is [O-][S+](Cn1cccn1)C1=NN2C(N1)[C@@H](F)C[C@H]2c1ccccc1. The summed E-state index contributed by atoms with van der Waals surface area (Å²) in [5.74, 6) is 0.201. The Morgan fingerprint density at radius 3 is 2.87 bits per heavy atom. The fourth-order valence-electron chi connectivity index (χ4n) is 2.99. The third-order valence-electron chi connectivity index (χ3n) is 4.08. The Hall–Kier alpha value is -2.06. The van der Waals surface area contributed by atoms with Gasteiger partial charge in [-0.1, -0.05) is 30.3 Å². The smallest absolute Gasteiger partial charge is 0.336 e. The largest absolute Gasteiger partial charge is 0.607 e. The molecule has 2 aromatic rings. The molecule has 6 nitrogen and oxygen atoms in total. The van der Waals surface area contributed by atoms with E-state index < -0.39 is 23.5 Å². The molecule has 1 N–H and O–H groups in total. The molecule has 0 bridgehead atoms. The van der Waals surface area contributed by atoms with Crippen LogP contribution in [0.3, 0.4) is 0 Å². The van der Waals surface area contributed by atoms with Gasteiger partial charge in [0.15, 0.2) is 6.17 Å². The number of fused-ring (bicyclic) bond motifs is 1. The number of halogens is 1. The highest BCUT2D eigenvalue weighted by molar-refractivity contribution is 8.05. The van der Waals surface area contributed by atoms with Crippen LogP contribution >= 0.6 is 0 Å². The van der Waals surface area contributed by atoms with Gasteiger partial charge in [-0.2, -0.15) is 5.10 Å². The van der Waals surface area contributed by atoms with Gasteiger partial charge in [-0.25, -0.2) is 9.07 Å². The van der Waals surface area contributed by atoms with Crippen LogP contribution in [0.25, 0.3) is 0 Å². The first kappa shape index (κ1) is 14.5. The van der Waals surface area contributed by atoms with Gasteiger partial charge in [0, 0.05) is 30.0 Å². The molecule has 8 heteroatoms. The molecule has 1 fully saturated rings. The van der Waals surface area contributed by atoms with Crippen LogP contribution in [-0.2, 0) is 17.1 Å². The zero-order valence-electron chi connectivity index (χ0n) is 12.2. The Kier molecular flexibility index (Phi) is 3.70. The van der Waals surface area contributed by atoms with Crippen molar-refractivity contribution in [2.45, 2.75) is 30.7 Å². The second-order valence-electron chi connectivity index (χ2n) is 5.57. The number of amidine groups is 1. The minimum Gasteiger partial charge on any atom is -0.607 e. The summed E-state index contributed by atoms with van der Waals surface area (Å²) in [6.45, 7) is 0.